The Morgan fingerprint density at radius 2 is 1.89 bits per heavy atom. The van der Waals surface area contributed by atoms with Crippen molar-refractivity contribution in [2.75, 3.05) is 22.7 Å². The highest BCUT2D eigenvalue weighted by Gasteiger charge is 2.29. The van der Waals surface area contributed by atoms with Crippen LogP contribution in [0.3, 0.4) is 0 Å². The molecular formula is C24H29N5O5S. The molecule has 186 valence electrons. The highest BCUT2D eigenvalue weighted by molar-refractivity contribution is 7.92. The zero-order chi connectivity index (χ0) is 25.3. The average molecular weight is 500 g/mol. The summed E-state index contributed by atoms with van der Waals surface area (Å²) in [5.41, 5.74) is 0.494. The number of nitro groups is 1. The van der Waals surface area contributed by atoms with Crippen molar-refractivity contribution >= 4 is 27.1 Å². The van der Waals surface area contributed by atoms with Crippen LogP contribution in [-0.4, -0.2) is 35.8 Å². The second-order valence-electron chi connectivity index (χ2n) is 8.81. The molecular weight excluding hydrogens is 470 g/mol. The smallest absolute Gasteiger partial charge is 0.296 e. The minimum Gasteiger partial charge on any atom is -0.366 e. The van der Waals surface area contributed by atoms with Gasteiger partial charge in [0.1, 0.15) is 11.4 Å². The van der Waals surface area contributed by atoms with E-state index in [0.29, 0.717) is 36.1 Å². The van der Waals surface area contributed by atoms with Gasteiger partial charge in [-0.3, -0.25) is 24.3 Å². The molecule has 0 saturated carbocycles. The van der Waals surface area contributed by atoms with Gasteiger partial charge in [0.15, 0.2) is 0 Å². The Kier molecular flexibility index (Phi) is 6.70. The number of aromatic nitrogens is 2. The molecule has 1 atom stereocenters. The summed E-state index contributed by atoms with van der Waals surface area (Å²) in [5, 5.41) is 11.9. The molecule has 11 heteroatoms. The zero-order valence-electron chi connectivity index (χ0n) is 20.0. The van der Waals surface area contributed by atoms with Gasteiger partial charge < -0.3 is 4.90 Å². The standard InChI is InChI=1S/C24H29N5O5S/c1-4-18-9-8-14-27(16-18)21-13-12-20(15-22(21)29(31)32)35(33,34)25-23-17(2)26(3)28(24(23)30)19-10-6-5-7-11-19/h5-7,10-13,15,18,25H,4,8-9,14,16H2,1-3H3. The topological polar surface area (TPSA) is 119 Å². The minimum absolute atomic E-state index is 0.107. The second-order valence-corrected chi connectivity index (χ2v) is 10.5. The van der Waals surface area contributed by atoms with Crippen LogP contribution in [0.25, 0.3) is 5.69 Å². The van der Waals surface area contributed by atoms with E-state index in [0.717, 1.165) is 25.3 Å². The van der Waals surface area contributed by atoms with Crippen molar-refractivity contribution in [2.45, 2.75) is 38.0 Å². The van der Waals surface area contributed by atoms with Crippen LogP contribution >= 0.6 is 0 Å². The average Bonchev–Trinajstić information content (AvgIpc) is 3.06. The van der Waals surface area contributed by atoms with Crippen LogP contribution in [0.1, 0.15) is 31.9 Å². The van der Waals surface area contributed by atoms with Gasteiger partial charge in [0.25, 0.3) is 21.3 Å². The van der Waals surface area contributed by atoms with Crippen LogP contribution in [0.5, 0.6) is 0 Å². The third-order valence-corrected chi connectivity index (χ3v) is 8.03. The first-order valence-corrected chi connectivity index (χ1v) is 13.0. The van der Waals surface area contributed by atoms with Crippen molar-refractivity contribution in [2.24, 2.45) is 13.0 Å². The molecule has 1 N–H and O–H groups in total. The van der Waals surface area contributed by atoms with E-state index < -0.39 is 20.5 Å². The lowest BCUT2D eigenvalue weighted by Gasteiger charge is -2.33. The predicted molar refractivity (Wildman–Crippen MR) is 135 cm³/mol. The maximum atomic E-state index is 13.2. The molecule has 1 aliphatic heterocycles. The Labute approximate surface area is 204 Å². The van der Waals surface area contributed by atoms with Gasteiger partial charge in [-0.2, -0.15) is 0 Å². The highest BCUT2D eigenvalue weighted by atomic mass is 32.2. The lowest BCUT2D eigenvalue weighted by molar-refractivity contribution is -0.384. The number of sulfonamides is 1. The van der Waals surface area contributed by atoms with Crippen LogP contribution in [0.4, 0.5) is 17.1 Å². The molecule has 2 aromatic carbocycles. The van der Waals surface area contributed by atoms with Crippen LogP contribution in [0, 0.1) is 23.0 Å². The number of hydrogen-bond acceptors (Lipinski definition) is 6. The number of rotatable bonds is 7. The molecule has 0 spiro atoms. The van der Waals surface area contributed by atoms with Gasteiger partial charge in [0, 0.05) is 26.2 Å². The lowest BCUT2D eigenvalue weighted by atomic mass is 9.95. The number of nitrogens with one attached hydrogen (secondary N) is 1. The van der Waals surface area contributed by atoms with Crippen molar-refractivity contribution in [1.29, 1.82) is 0 Å². The summed E-state index contributed by atoms with van der Waals surface area (Å²) in [7, 11) is -2.61. The van der Waals surface area contributed by atoms with Crippen molar-refractivity contribution in [3.8, 4) is 5.69 Å². The number of hydrogen-bond donors (Lipinski definition) is 1. The molecule has 35 heavy (non-hydrogen) atoms. The third kappa shape index (κ3) is 4.68. The fourth-order valence-electron chi connectivity index (χ4n) is 4.58. The highest BCUT2D eigenvalue weighted by Crippen LogP contribution is 2.34. The maximum absolute atomic E-state index is 13.2. The third-order valence-electron chi connectivity index (χ3n) is 6.68. The number of nitro benzene ring substituents is 1. The van der Waals surface area contributed by atoms with E-state index in [-0.39, 0.29) is 16.3 Å². The summed E-state index contributed by atoms with van der Waals surface area (Å²) in [6.07, 6.45) is 2.99. The fraction of sp³-hybridized carbons (Fsp3) is 0.375. The van der Waals surface area contributed by atoms with Gasteiger partial charge in [-0.15, -0.1) is 0 Å². The van der Waals surface area contributed by atoms with E-state index in [2.05, 4.69) is 11.6 Å². The van der Waals surface area contributed by atoms with Crippen LogP contribution in [-0.2, 0) is 17.1 Å². The van der Waals surface area contributed by atoms with Gasteiger partial charge in [0.2, 0.25) is 0 Å². The molecule has 0 aliphatic carbocycles. The van der Waals surface area contributed by atoms with Gasteiger partial charge in [-0.05, 0) is 49.9 Å². The van der Waals surface area contributed by atoms with Gasteiger partial charge >= 0.3 is 0 Å². The van der Waals surface area contributed by atoms with Crippen molar-refractivity contribution in [3.05, 3.63) is 74.7 Å². The minimum atomic E-state index is -4.26. The Morgan fingerprint density at radius 1 is 1.17 bits per heavy atom. The molecule has 1 saturated heterocycles. The number of nitrogens with zero attached hydrogens (tertiary/aromatic N) is 4. The number of anilines is 2. The summed E-state index contributed by atoms with van der Waals surface area (Å²) >= 11 is 0. The zero-order valence-corrected chi connectivity index (χ0v) is 20.8. The summed E-state index contributed by atoms with van der Waals surface area (Å²) in [6.45, 7) is 5.11. The molecule has 4 rings (SSSR count). The number of para-hydroxylation sites is 1. The fourth-order valence-corrected chi connectivity index (χ4v) is 5.72. The predicted octanol–water partition coefficient (Wildman–Crippen LogP) is 3.82. The van der Waals surface area contributed by atoms with E-state index in [1.165, 1.54) is 16.8 Å². The van der Waals surface area contributed by atoms with E-state index in [9.17, 15) is 23.3 Å². The van der Waals surface area contributed by atoms with Crippen molar-refractivity contribution in [1.82, 2.24) is 9.36 Å². The van der Waals surface area contributed by atoms with E-state index in [1.807, 2.05) is 11.0 Å². The molecule has 0 amide bonds. The van der Waals surface area contributed by atoms with Crippen LogP contribution in [0.2, 0.25) is 0 Å². The molecule has 1 fully saturated rings. The molecule has 1 aromatic heterocycles. The summed E-state index contributed by atoms with van der Waals surface area (Å²) in [4.78, 5) is 26.1. The molecule has 10 nitrogen and oxygen atoms in total. The largest absolute Gasteiger partial charge is 0.366 e. The van der Waals surface area contributed by atoms with E-state index >= 15 is 0 Å². The Balaban J connectivity index is 1.70. The summed E-state index contributed by atoms with van der Waals surface area (Å²) < 4.78 is 31.7. The van der Waals surface area contributed by atoms with Crippen molar-refractivity contribution in [3.63, 3.8) is 0 Å². The summed E-state index contributed by atoms with van der Waals surface area (Å²) in [6, 6.07) is 12.8. The Morgan fingerprint density at radius 3 is 2.54 bits per heavy atom. The maximum Gasteiger partial charge on any atom is 0.296 e. The Hall–Kier alpha value is -3.60. The molecule has 0 radical (unpaired) electrons. The monoisotopic (exact) mass is 499 g/mol. The molecule has 1 aliphatic rings. The molecule has 3 aromatic rings. The lowest BCUT2D eigenvalue weighted by Crippen LogP contribution is -2.35. The number of benzene rings is 2. The van der Waals surface area contributed by atoms with Crippen LogP contribution < -0.4 is 15.2 Å². The van der Waals surface area contributed by atoms with Gasteiger partial charge in [0.05, 0.1) is 21.2 Å². The molecule has 1 unspecified atom stereocenters. The molecule has 0 bridgehead atoms. The number of piperidine rings is 1. The first-order valence-electron chi connectivity index (χ1n) is 11.5. The molecule has 2 heterocycles. The quantitative estimate of drug-likeness (QED) is 0.390. The first kappa shape index (κ1) is 24.5. The van der Waals surface area contributed by atoms with Gasteiger partial charge in [-0.25, -0.2) is 13.1 Å². The van der Waals surface area contributed by atoms with Crippen molar-refractivity contribution < 1.29 is 13.3 Å². The van der Waals surface area contributed by atoms with E-state index in [4.69, 9.17) is 0 Å². The van der Waals surface area contributed by atoms with E-state index in [1.54, 1.807) is 42.9 Å². The normalized spacial score (nSPS) is 16.3. The Bertz CT molecular complexity index is 1410. The van der Waals surface area contributed by atoms with Crippen LogP contribution in [0.15, 0.2) is 58.2 Å². The summed E-state index contributed by atoms with van der Waals surface area (Å²) in [5.74, 6) is 0.446. The van der Waals surface area contributed by atoms with Gasteiger partial charge in [-0.1, -0.05) is 31.5 Å². The second kappa shape index (κ2) is 9.57. The SMILES string of the molecule is CCC1CCCN(c2ccc(S(=O)(=O)Nc3c(C)n(C)n(-c4ccccc4)c3=O)cc2[N+](=O)[O-])C1. The first-order chi connectivity index (χ1) is 16.6.